The Morgan fingerprint density at radius 3 is 2.77 bits per heavy atom. The minimum Gasteiger partial charge on any atom is -0.468 e. The summed E-state index contributed by atoms with van der Waals surface area (Å²) >= 11 is 0. The Morgan fingerprint density at radius 1 is 1.26 bits per heavy atom. The van der Waals surface area contributed by atoms with Crippen molar-refractivity contribution in [3.63, 3.8) is 0 Å². The molecule has 3 N–H and O–H groups in total. The van der Waals surface area contributed by atoms with Crippen molar-refractivity contribution in [3.05, 3.63) is 55.1 Å². The van der Waals surface area contributed by atoms with Crippen LogP contribution in [0.3, 0.4) is 0 Å². The lowest BCUT2D eigenvalue weighted by molar-refractivity contribution is -0.142. The normalized spacial score (nSPS) is 14.4. The predicted molar refractivity (Wildman–Crippen MR) is 114 cm³/mol. The Kier molecular flexibility index (Phi) is 7.35. The van der Waals surface area contributed by atoms with Crippen molar-refractivity contribution in [1.29, 1.82) is 0 Å². The number of fused-ring (bicyclic) bond motifs is 1. The third-order valence-corrected chi connectivity index (χ3v) is 5.76. The lowest BCUT2D eigenvalue weighted by atomic mass is 10.3. The second kappa shape index (κ2) is 10.2. The largest absolute Gasteiger partial charge is 0.468 e. The predicted octanol–water partition coefficient (Wildman–Crippen LogP) is 2.32. The van der Waals surface area contributed by atoms with Gasteiger partial charge >= 0.3 is 13.7 Å². The summed E-state index contributed by atoms with van der Waals surface area (Å²) in [4.78, 5) is 24.0. The van der Waals surface area contributed by atoms with E-state index in [1.807, 2.05) is 0 Å². The molecule has 1 unspecified atom stereocenters. The zero-order chi connectivity index (χ0) is 22.3. The molecule has 0 spiro atoms. The summed E-state index contributed by atoms with van der Waals surface area (Å²) in [7, 11) is -2.63. The van der Waals surface area contributed by atoms with Gasteiger partial charge < -0.3 is 19.6 Å². The first kappa shape index (κ1) is 22.4. The Balaban J connectivity index is 1.64. The SMILES string of the molecule is COC(=O)[C@H](C)NP(=O)(OC/C=C\Cn1cnc2c(N)ncnc21)Oc1ccccc1. The van der Waals surface area contributed by atoms with E-state index in [9.17, 15) is 9.36 Å². The third kappa shape index (κ3) is 5.88. The number of nitrogens with one attached hydrogen (secondary N) is 1. The lowest BCUT2D eigenvalue weighted by Gasteiger charge is -2.21. The first-order chi connectivity index (χ1) is 14.9. The number of carbonyl (C=O) groups excluding carboxylic acids is 1. The summed E-state index contributed by atoms with van der Waals surface area (Å²) in [5.41, 5.74) is 6.90. The van der Waals surface area contributed by atoms with E-state index in [1.165, 1.54) is 20.4 Å². The molecule has 0 bridgehead atoms. The van der Waals surface area contributed by atoms with Gasteiger partial charge in [-0.25, -0.2) is 19.5 Å². The number of methoxy groups -OCH3 is 1. The highest BCUT2D eigenvalue weighted by molar-refractivity contribution is 7.52. The molecular weight excluding hydrogens is 423 g/mol. The van der Waals surface area contributed by atoms with Gasteiger partial charge in [-0.05, 0) is 19.1 Å². The van der Waals surface area contributed by atoms with E-state index in [0.29, 0.717) is 29.3 Å². The van der Waals surface area contributed by atoms with Gasteiger partial charge in [0.2, 0.25) is 0 Å². The average Bonchev–Trinajstić information content (AvgIpc) is 3.18. The molecule has 11 nitrogen and oxygen atoms in total. The molecule has 164 valence electrons. The van der Waals surface area contributed by atoms with Gasteiger partial charge in [-0.15, -0.1) is 0 Å². The molecule has 0 amide bonds. The fourth-order valence-electron chi connectivity index (χ4n) is 2.61. The number of anilines is 1. The Bertz CT molecular complexity index is 1100. The quantitative estimate of drug-likeness (QED) is 0.270. The van der Waals surface area contributed by atoms with Crippen LogP contribution in [0.4, 0.5) is 5.82 Å². The molecule has 0 aliphatic heterocycles. The number of nitrogens with two attached hydrogens (primary N) is 1. The fourth-order valence-corrected chi connectivity index (χ4v) is 4.05. The number of imidazole rings is 1. The minimum atomic E-state index is -3.87. The molecule has 0 saturated carbocycles. The topological polar surface area (TPSA) is 143 Å². The maximum absolute atomic E-state index is 13.2. The van der Waals surface area contributed by atoms with Crippen molar-refractivity contribution in [3.8, 4) is 5.75 Å². The van der Waals surface area contributed by atoms with E-state index >= 15 is 0 Å². The van der Waals surface area contributed by atoms with Crippen molar-refractivity contribution < 1.29 is 23.1 Å². The number of carbonyl (C=O) groups is 1. The lowest BCUT2D eigenvalue weighted by Crippen LogP contribution is -2.34. The number of esters is 1. The van der Waals surface area contributed by atoms with Gasteiger partial charge in [0.15, 0.2) is 11.5 Å². The maximum Gasteiger partial charge on any atom is 0.459 e. The molecule has 0 saturated heterocycles. The number of nitrogens with zero attached hydrogens (tertiary/aromatic N) is 4. The third-order valence-electron chi connectivity index (χ3n) is 4.11. The Hall–Kier alpha value is -3.27. The summed E-state index contributed by atoms with van der Waals surface area (Å²) in [5, 5.41) is 2.58. The number of aromatic nitrogens is 4. The van der Waals surface area contributed by atoms with Crippen molar-refractivity contribution >= 4 is 30.7 Å². The Morgan fingerprint density at radius 2 is 2.03 bits per heavy atom. The number of benzene rings is 1. The monoisotopic (exact) mass is 446 g/mol. The Labute approximate surface area is 178 Å². The van der Waals surface area contributed by atoms with Crippen LogP contribution in [0, 0.1) is 0 Å². The summed E-state index contributed by atoms with van der Waals surface area (Å²) in [6, 6.07) is 7.63. The van der Waals surface area contributed by atoms with Crippen LogP contribution in [0.2, 0.25) is 0 Å². The van der Waals surface area contributed by atoms with Crippen molar-refractivity contribution in [2.45, 2.75) is 19.5 Å². The highest BCUT2D eigenvalue weighted by Gasteiger charge is 2.31. The summed E-state index contributed by atoms with van der Waals surface area (Å²) in [6.45, 7) is 1.91. The van der Waals surface area contributed by atoms with Crippen LogP contribution in [0.25, 0.3) is 11.2 Å². The number of rotatable bonds is 10. The fraction of sp³-hybridized carbons (Fsp3) is 0.263. The van der Waals surface area contributed by atoms with E-state index in [0.717, 1.165) is 0 Å². The van der Waals surface area contributed by atoms with E-state index in [-0.39, 0.29) is 6.61 Å². The number of allylic oxidation sites excluding steroid dienone is 1. The summed E-state index contributed by atoms with van der Waals surface area (Å²) in [5.74, 6) is 0.0478. The average molecular weight is 446 g/mol. The second-order valence-corrected chi connectivity index (χ2v) is 8.06. The van der Waals surface area contributed by atoms with Crippen LogP contribution in [-0.4, -0.2) is 45.2 Å². The van der Waals surface area contributed by atoms with Gasteiger partial charge in [0, 0.05) is 6.54 Å². The smallest absolute Gasteiger partial charge is 0.459 e. The van der Waals surface area contributed by atoms with E-state index in [4.69, 9.17) is 14.8 Å². The summed E-state index contributed by atoms with van der Waals surface area (Å²) < 4.78 is 30.6. The molecule has 0 fully saturated rings. The van der Waals surface area contributed by atoms with E-state index in [1.54, 1.807) is 53.4 Å². The van der Waals surface area contributed by atoms with Crippen LogP contribution < -0.4 is 15.3 Å². The van der Waals surface area contributed by atoms with Crippen molar-refractivity contribution in [2.75, 3.05) is 19.5 Å². The molecular formula is C19H23N6O5P. The van der Waals surface area contributed by atoms with E-state index < -0.39 is 19.8 Å². The molecule has 2 heterocycles. The van der Waals surface area contributed by atoms with Crippen LogP contribution >= 0.6 is 7.75 Å². The zero-order valence-corrected chi connectivity index (χ0v) is 17.9. The van der Waals surface area contributed by atoms with E-state index in [2.05, 4.69) is 24.8 Å². The van der Waals surface area contributed by atoms with Gasteiger partial charge in [0.25, 0.3) is 0 Å². The molecule has 3 aromatic rings. The molecule has 12 heteroatoms. The van der Waals surface area contributed by atoms with Gasteiger partial charge in [0.05, 0.1) is 20.0 Å². The molecule has 0 aliphatic carbocycles. The number of ether oxygens (including phenoxy) is 1. The molecule has 3 rings (SSSR count). The molecule has 2 aromatic heterocycles. The highest BCUT2D eigenvalue weighted by atomic mass is 31.2. The number of nitrogen functional groups attached to an aromatic ring is 1. The maximum atomic E-state index is 13.2. The molecule has 0 aliphatic rings. The first-order valence-corrected chi connectivity index (χ1v) is 10.9. The van der Waals surface area contributed by atoms with Gasteiger partial charge in [-0.3, -0.25) is 9.32 Å². The number of para-hydroxylation sites is 1. The van der Waals surface area contributed by atoms with Crippen molar-refractivity contribution in [2.24, 2.45) is 0 Å². The standard InChI is InChI=1S/C19H23N6O5P/c1-14(19(26)28-2)24-31(27,30-15-8-4-3-5-9-15)29-11-7-6-10-25-13-23-16-17(20)21-12-22-18(16)25/h3-9,12-14H,10-11H2,1-2H3,(H,24,27)(H2,20,21,22)/b7-6-/t14-,31?/m0/s1. The molecule has 0 radical (unpaired) electrons. The van der Waals surface area contributed by atoms with Gasteiger partial charge in [-0.1, -0.05) is 30.4 Å². The number of hydrogen-bond acceptors (Lipinski definition) is 9. The van der Waals surface area contributed by atoms with Gasteiger partial charge in [-0.2, -0.15) is 5.09 Å². The summed E-state index contributed by atoms with van der Waals surface area (Å²) in [6.07, 6.45) is 6.43. The second-order valence-electron chi connectivity index (χ2n) is 6.37. The van der Waals surface area contributed by atoms with Crippen molar-refractivity contribution in [1.82, 2.24) is 24.6 Å². The van der Waals surface area contributed by atoms with Crippen LogP contribution in [0.1, 0.15) is 6.92 Å². The first-order valence-electron chi connectivity index (χ1n) is 9.33. The minimum absolute atomic E-state index is 0.0330. The zero-order valence-electron chi connectivity index (χ0n) is 17.0. The molecule has 2 atom stereocenters. The van der Waals surface area contributed by atoms with Gasteiger partial charge in [0.1, 0.15) is 23.6 Å². The van der Waals surface area contributed by atoms with Crippen LogP contribution in [0.5, 0.6) is 5.75 Å². The highest BCUT2D eigenvalue weighted by Crippen LogP contribution is 2.44. The van der Waals surface area contributed by atoms with Crippen LogP contribution in [0.15, 0.2) is 55.1 Å². The van der Waals surface area contributed by atoms with Crippen LogP contribution in [-0.2, 0) is 25.2 Å². The molecule has 31 heavy (non-hydrogen) atoms. The number of hydrogen-bond donors (Lipinski definition) is 2. The molecule has 1 aromatic carbocycles.